The highest BCUT2D eigenvalue weighted by atomic mass is 127. The second kappa shape index (κ2) is 5.57. The molecule has 1 nitrogen and oxygen atoms in total. The van der Waals surface area contributed by atoms with Gasteiger partial charge in [0.2, 0.25) is 0 Å². The van der Waals surface area contributed by atoms with Gasteiger partial charge in [-0.25, -0.2) is 0 Å². The number of hydrogen-bond donors (Lipinski definition) is 1. The van der Waals surface area contributed by atoms with Gasteiger partial charge in [-0.15, -0.1) is 0 Å². The van der Waals surface area contributed by atoms with Gasteiger partial charge in [0.25, 0.3) is 0 Å². The Bertz CT molecular complexity index is 543. The van der Waals surface area contributed by atoms with Crippen molar-refractivity contribution in [1.29, 1.82) is 0 Å². The van der Waals surface area contributed by atoms with Crippen molar-refractivity contribution in [3.05, 3.63) is 67.2 Å². The topological polar surface area (TPSA) is 20.2 Å². The van der Waals surface area contributed by atoms with E-state index in [1.165, 1.54) is 0 Å². The van der Waals surface area contributed by atoms with Gasteiger partial charge in [-0.2, -0.15) is 0 Å². The number of aliphatic hydroxyl groups is 1. The van der Waals surface area contributed by atoms with E-state index < -0.39 is 6.10 Å². The van der Waals surface area contributed by atoms with Crippen molar-refractivity contribution in [2.45, 2.75) is 6.10 Å². The molecule has 0 bridgehead atoms. The fourth-order valence-electron chi connectivity index (χ4n) is 1.58. The summed E-state index contributed by atoms with van der Waals surface area (Å²) in [6, 6.07) is 12.6. The quantitative estimate of drug-likeness (QED) is 0.752. The van der Waals surface area contributed by atoms with Gasteiger partial charge in [-0.05, 0) is 64.0 Å². The zero-order valence-electron chi connectivity index (χ0n) is 8.70. The molecule has 4 heteroatoms. The summed E-state index contributed by atoms with van der Waals surface area (Å²) in [7, 11) is 0. The van der Waals surface area contributed by atoms with Gasteiger partial charge in [0.15, 0.2) is 0 Å². The fourth-order valence-corrected chi connectivity index (χ4v) is 2.59. The molecule has 1 unspecified atom stereocenters. The van der Waals surface area contributed by atoms with Crippen LogP contribution in [0.2, 0.25) is 10.0 Å². The van der Waals surface area contributed by atoms with Crippen LogP contribution in [0.1, 0.15) is 17.2 Å². The minimum atomic E-state index is -0.709. The van der Waals surface area contributed by atoms with Crippen LogP contribution in [-0.4, -0.2) is 5.11 Å². The molecular formula is C13H9Cl2IO. The highest BCUT2D eigenvalue weighted by Crippen LogP contribution is 2.29. The van der Waals surface area contributed by atoms with Crippen molar-refractivity contribution >= 4 is 45.8 Å². The van der Waals surface area contributed by atoms with Crippen LogP contribution in [0, 0.1) is 3.57 Å². The Morgan fingerprint density at radius 1 is 1.00 bits per heavy atom. The van der Waals surface area contributed by atoms with Gasteiger partial charge in [-0.1, -0.05) is 35.3 Å². The zero-order chi connectivity index (χ0) is 12.4. The minimum Gasteiger partial charge on any atom is -0.384 e. The van der Waals surface area contributed by atoms with E-state index in [1.807, 2.05) is 18.2 Å². The molecule has 0 aliphatic carbocycles. The minimum absolute atomic E-state index is 0.610. The lowest BCUT2D eigenvalue weighted by atomic mass is 10.0. The van der Waals surface area contributed by atoms with Crippen LogP contribution in [0.3, 0.4) is 0 Å². The zero-order valence-corrected chi connectivity index (χ0v) is 12.4. The predicted molar refractivity (Wildman–Crippen MR) is 79.7 cm³/mol. The molecule has 0 heterocycles. The summed E-state index contributed by atoms with van der Waals surface area (Å²) in [5.74, 6) is 0. The summed E-state index contributed by atoms with van der Waals surface area (Å²) in [4.78, 5) is 0. The second-order valence-corrected chi connectivity index (χ2v) is 5.66. The van der Waals surface area contributed by atoms with Crippen molar-refractivity contribution < 1.29 is 5.11 Å². The first kappa shape index (κ1) is 13.1. The second-order valence-electron chi connectivity index (χ2n) is 3.62. The Morgan fingerprint density at radius 2 is 1.71 bits per heavy atom. The fraction of sp³-hybridized carbons (Fsp3) is 0.0769. The highest BCUT2D eigenvalue weighted by Gasteiger charge is 2.14. The molecule has 88 valence electrons. The maximum absolute atomic E-state index is 10.3. The van der Waals surface area contributed by atoms with Gasteiger partial charge in [-0.3, -0.25) is 0 Å². The molecule has 1 atom stereocenters. The summed E-state index contributed by atoms with van der Waals surface area (Å²) in [5.41, 5.74) is 1.55. The lowest BCUT2D eigenvalue weighted by Gasteiger charge is -2.14. The van der Waals surface area contributed by atoms with Gasteiger partial charge < -0.3 is 5.11 Å². The highest BCUT2D eigenvalue weighted by molar-refractivity contribution is 14.1. The van der Waals surface area contributed by atoms with E-state index in [4.69, 9.17) is 23.2 Å². The Morgan fingerprint density at radius 3 is 2.41 bits per heavy atom. The smallest absolute Gasteiger partial charge is 0.105 e. The SMILES string of the molecule is OC(c1cccc(Cl)c1)c1cc(Cl)ccc1I. The van der Waals surface area contributed by atoms with Gasteiger partial charge in [0.05, 0.1) is 0 Å². The molecule has 0 saturated heterocycles. The molecule has 0 aliphatic rings. The van der Waals surface area contributed by atoms with E-state index >= 15 is 0 Å². The molecule has 1 N–H and O–H groups in total. The van der Waals surface area contributed by atoms with Crippen LogP contribution < -0.4 is 0 Å². The predicted octanol–water partition coefficient (Wildman–Crippen LogP) is 4.68. The van der Waals surface area contributed by atoms with E-state index in [1.54, 1.807) is 24.3 Å². The summed E-state index contributed by atoms with van der Waals surface area (Å²) >= 11 is 14.0. The maximum atomic E-state index is 10.3. The third-order valence-corrected chi connectivity index (χ3v) is 3.87. The molecule has 0 spiro atoms. The molecular weight excluding hydrogens is 370 g/mol. The van der Waals surface area contributed by atoms with Crippen molar-refractivity contribution in [2.75, 3.05) is 0 Å². The van der Waals surface area contributed by atoms with Gasteiger partial charge in [0, 0.05) is 13.6 Å². The Hall–Kier alpha value is -0.290. The number of hydrogen-bond acceptors (Lipinski definition) is 1. The summed E-state index contributed by atoms with van der Waals surface area (Å²) in [6.07, 6.45) is -0.709. The average Bonchev–Trinajstić information content (AvgIpc) is 2.31. The van der Waals surface area contributed by atoms with Crippen LogP contribution >= 0.6 is 45.8 Å². The molecule has 2 rings (SSSR count). The number of aliphatic hydroxyl groups excluding tert-OH is 1. The molecule has 0 amide bonds. The Balaban J connectivity index is 2.43. The van der Waals surface area contributed by atoms with E-state index in [0.717, 1.165) is 14.7 Å². The molecule has 0 radical (unpaired) electrons. The molecule has 0 aromatic heterocycles. The average molecular weight is 379 g/mol. The Kier molecular flexibility index (Phi) is 4.31. The summed E-state index contributed by atoms with van der Waals surface area (Å²) < 4.78 is 0.972. The summed E-state index contributed by atoms with van der Waals surface area (Å²) in [5, 5.41) is 11.5. The standard InChI is InChI=1S/C13H9Cl2IO/c14-9-3-1-2-8(6-9)13(17)11-7-10(15)4-5-12(11)16/h1-7,13,17H. The molecule has 2 aromatic carbocycles. The molecule has 0 fully saturated rings. The van der Waals surface area contributed by atoms with Crippen LogP contribution in [0.25, 0.3) is 0 Å². The van der Waals surface area contributed by atoms with Crippen LogP contribution in [0.4, 0.5) is 0 Å². The van der Waals surface area contributed by atoms with Gasteiger partial charge >= 0.3 is 0 Å². The normalized spacial score (nSPS) is 12.5. The van der Waals surface area contributed by atoms with Crippen molar-refractivity contribution in [3.8, 4) is 0 Å². The van der Waals surface area contributed by atoms with Crippen LogP contribution in [0.15, 0.2) is 42.5 Å². The number of benzene rings is 2. The molecule has 0 saturated carbocycles. The third-order valence-electron chi connectivity index (χ3n) is 2.42. The van der Waals surface area contributed by atoms with Crippen molar-refractivity contribution in [1.82, 2.24) is 0 Å². The van der Waals surface area contributed by atoms with E-state index in [9.17, 15) is 5.11 Å². The molecule has 0 aliphatic heterocycles. The largest absolute Gasteiger partial charge is 0.384 e. The first-order valence-corrected chi connectivity index (χ1v) is 6.80. The van der Waals surface area contributed by atoms with Crippen molar-refractivity contribution in [3.63, 3.8) is 0 Å². The van der Waals surface area contributed by atoms with Gasteiger partial charge in [0.1, 0.15) is 6.10 Å². The van der Waals surface area contributed by atoms with E-state index in [0.29, 0.717) is 10.0 Å². The Labute approximate surface area is 124 Å². The molecule has 2 aromatic rings. The molecule has 17 heavy (non-hydrogen) atoms. The number of rotatable bonds is 2. The monoisotopic (exact) mass is 378 g/mol. The lowest BCUT2D eigenvalue weighted by molar-refractivity contribution is 0.219. The first-order valence-electron chi connectivity index (χ1n) is 4.96. The van der Waals surface area contributed by atoms with Crippen LogP contribution in [-0.2, 0) is 0 Å². The maximum Gasteiger partial charge on any atom is 0.105 e. The van der Waals surface area contributed by atoms with Crippen LogP contribution in [0.5, 0.6) is 0 Å². The summed E-state index contributed by atoms with van der Waals surface area (Å²) in [6.45, 7) is 0. The van der Waals surface area contributed by atoms with Crippen molar-refractivity contribution in [2.24, 2.45) is 0 Å². The third kappa shape index (κ3) is 3.13. The number of halogens is 3. The lowest BCUT2D eigenvalue weighted by Crippen LogP contribution is -2.01. The van der Waals surface area contributed by atoms with E-state index in [-0.39, 0.29) is 0 Å². The van der Waals surface area contributed by atoms with E-state index in [2.05, 4.69) is 22.6 Å². The first-order chi connectivity index (χ1) is 8.08.